The van der Waals surface area contributed by atoms with Crippen molar-refractivity contribution in [1.82, 2.24) is 9.88 Å². The van der Waals surface area contributed by atoms with Crippen LogP contribution in [-0.4, -0.2) is 46.9 Å². The maximum Gasteiger partial charge on any atom is 0.242 e. The van der Waals surface area contributed by atoms with Gasteiger partial charge in [0.2, 0.25) is 5.72 Å². The molecule has 2 aromatic rings. The van der Waals surface area contributed by atoms with Crippen molar-refractivity contribution in [1.29, 1.82) is 0 Å². The van der Waals surface area contributed by atoms with Crippen LogP contribution in [-0.2, 0) is 14.3 Å². The van der Waals surface area contributed by atoms with Gasteiger partial charge in [-0.2, -0.15) is 0 Å². The lowest BCUT2D eigenvalue weighted by molar-refractivity contribution is -0.182. The van der Waals surface area contributed by atoms with Gasteiger partial charge in [-0.3, -0.25) is 19.5 Å². The van der Waals surface area contributed by atoms with Crippen molar-refractivity contribution in [3.63, 3.8) is 0 Å². The van der Waals surface area contributed by atoms with E-state index in [1.165, 1.54) is 6.92 Å². The minimum absolute atomic E-state index is 0.0344. The first kappa shape index (κ1) is 15.9. The number of hydrogen-bond donors (Lipinski definition) is 0. The van der Waals surface area contributed by atoms with Gasteiger partial charge >= 0.3 is 0 Å². The number of carbonyl (C=O) groups is 2. The van der Waals surface area contributed by atoms with Crippen LogP contribution in [0.5, 0.6) is 5.75 Å². The lowest BCUT2D eigenvalue weighted by Gasteiger charge is -2.47. The molecule has 4 bridgehead atoms. The summed E-state index contributed by atoms with van der Waals surface area (Å²) in [5, 5.41) is 0.938. The average molecular weight is 352 g/mol. The van der Waals surface area contributed by atoms with Crippen LogP contribution in [0.3, 0.4) is 0 Å². The number of ether oxygens (including phenoxy) is 2. The number of Topliss-reactive ketones (excluding diaryl/α,β-unsaturated/α-hetero) is 2. The Balaban J connectivity index is 1.68. The number of carbonyl (C=O) groups excluding carboxylic acids is 2. The molecule has 0 N–H and O–H groups in total. The van der Waals surface area contributed by atoms with Crippen LogP contribution in [0, 0.1) is 5.92 Å². The van der Waals surface area contributed by atoms with Gasteiger partial charge in [-0.1, -0.05) is 0 Å². The molecule has 4 aliphatic heterocycles. The fourth-order valence-corrected chi connectivity index (χ4v) is 4.97. The summed E-state index contributed by atoms with van der Waals surface area (Å²) in [5.41, 5.74) is 0.407. The van der Waals surface area contributed by atoms with Gasteiger partial charge in [-0.15, -0.1) is 0 Å². The van der Waals surface area contributed by atoms with Gasteiger partial charge in [0.15, 0.2) is 11.6 Å². The zero-order valence-corrected chi connectivity index (χ0v) is 14.8. The summed E-state index contributed by atoms with van der Waals surface area (Å²) in [6.07, 6.45) is 2.98. The van der Waals surface area contributed by atoms with Gasteiger partial charge in [0.1, 0.15) is 11.9 Å². The predicted molar refractivity (Wildman–Crippen MR) is 93.8 cm³/mol. The molecule has 6 rings (SSSR count). The molecule has 4 fully saturated rings. The fraction of sp³-hybridized carbons (Fsp3) is 0.450. The molecule has 0 amide bonds. The van der Waals surface area contributed by atoms with Crippen molar-refractivity contribution < 1.29 is 19.1 Å². The highest BCUT2D eigenvalue weighted by molar-refractivity contribution is 6.11. The van der Waals surface area contributed by atoms with Gasteiger partial charge in [0.25, 0.3) is 0 Å². The van der Waals surface area contributed by atoms with Crippen molar-refractivity contribution >= 4 is 22.5 Å². The van der Waals surface area contributed by atoms with Gasteiger partial charge in [-0.25, -0.2) is 0 Å². The number of nitrogens with zero attached hydrogens (tertiary/aromatic N) is 2. The Bertz CT molecular complexity index is 943. The molecule has 4 saturated heterocycles. The molecule has 1 aromatic carbocycles. The van der Waals surface area contributed by atoms with E-state index in [0.717, 1.165) is 41.6 Å². The Morgan fingerprint density at radius 2 is 2.23 bits per heavy atom. The summed E-state index contributed by atoms with van der Waals surface area (Å²) in [5.74, 6) is 0.384. The van der Waals surface area contributed by atoms with E-state index >= 15 is 0 Å². The first-order valence-electron chi connectivity index (χ1n) is 8.99. The molecule has 5 heterocycles. The second-order valence-corrected chi connectivity index (χ2v) is 7.37. The molecular weight excluding hydrogens is 332 g/mol. The molecule has 4 aliphatic rings. The minimum Gasteiger partial charge on any atom is -0.497 e. The zero-order chi connectivity index (χ0) is 18.1. The maximum atomic E-state index is 12.9. The smallest absolute Gasteiger partial charge is 0.242 e. The summed E-state index contributed by atoms with van der Waals surface area (Å²) in [7, 11) is 1.63. The van der Waals surface area contributed by atoms with Crippen LogP contribution in [0.25, 0.3) is 10.9 Å². The zero-order valence-electron chi connectivity index (χ0n) is 14.8. The Kier molecular flexibility index (Phi) is 3.27. The van der Waals surface area contributed by atoms with Crippen LogP contribution < -0.4 is 4.74 Å². The molecule has 1 aromatic heterocycles. The Morgan fingerprint density at radius 1 is 1.38 bits per heavy atom. The highest BCUT2D eigenvalue weighted by atomic mass is 16.6. The number of pyridine rings is 1. The standard InChI is InChI=1S/C20H20N2O4/c1-11(23)20-19(24)12-6-8-22(20)17(9-12)18(26-20)14-5-7-21-16-4-3-13(25-2)10-15(14)16/h3-5,7,10,12,17-18H,6,8-9H2,1-2H3/t12-,17+,18-,20+/m0/s1. The largest absolute Gasteiger partial charge is 0.497 e. The van der Waals surface area contributed by atoms with Crippen LogP contribution in [0.2, 0.25) is 0 Å². The topological polar surface area (TPSA) is 68.7 Å². The lowest BCUT2D eigenvalue weighted by Crippen LogP contribution is -2.67. The third kappa shape index (κ3) is 1.86. The number of aromatic nitrogens is 1. The molecule has 5 atom stereocenters. The molecule has 6 nitrogen and oxygen atoms in total. The quantitative estimate of drug-likeness (QED) is 0.790. The maximum absolute atomic E-state index is 12.9. The first-order valence-corrected chi connectivity index (χ1v) is 8.99. The monoisotopic (exact) mass is 352 g/mol. The molecule has 0 saturated carbocycles. The summed E-state index contributed by atoms with van der Waals surface area (Å²) in [6, 6.07) is 7.70. The Labute approximate surface area is 151 Å². The summed E-state index contributed by atoms with van der Waals surface area (Å²) in [4.78, 5) is 31.9. The van der Waals surface area contributed by atoms with Crippen LogP contribution in [0.4, 0.5) is 0 Å². The molecule has 6 heteroatoms. The molecule has 1 unspecified atom stereocenters. The fourth-order valence-electron chi connectivity index (χ4n) is 4.97. The van der Waals surface area contributed by atoms with Crippen molar-refractivity contribution in [2.24, 2.45) is 5.92 Å². The van der Waals surface area contributed by atoms with Gasteiger partial charge < -0.3 is 9.47 Å². The second kappa shape index (κ2) is 5.34. The third-order valence-electron chi connectivity index (χ3n) is 6.17. The van der Waals surface area contributed by atoms with Crippen molar-refractivity contribution in [3.8, 4) is 5.75 Å². The Hall–Kier alpha value is -2.31. The van der Waals surface area contributed by atoms with E-state index in [1.807, 2.05) is 29.2 Å². The van der Waals surface area contributed by atoms with E-state index in [2.05, 4.69) is 4.98 Å². The van der Waals surface area contributed by atoms with Gasteiger partial charge in [-0.05, 0) is 49.6 Å². The van der Waals surface area contributed by atoms with Crippen LogP contribution in [0.1, 0.15) is 31.4 Å². The summed E-state index contributed by atoms with van der Waals surface area (Å²) in [6.45, 7) is 2.19. The number of fused-ring (bicyclic) bond motifs is 2. The van der Waals surface area contributed by atoms with Crippen molar-refractivity contribution in [3.05, 3.63) is 36.0 Å². The molecular formula is C20H20N2O4. The number of rotatable bonds is 3. The number of piperidine rings is 3. The summed E-state index contributed by atoms with van der Waals surface area (Å²) >= 11 is 0. The second-order valence-electron chi connectivity index (χ2n) is 7.37. The number of benzene rings is 1. The highest BCUT2D eigenvalue weighted by Crippen LogP contribution is 2.54. The molecule has 0 aliphatic carbocycles. The van der Waals surface area contributed by atoms with Crippen molar-refractivity contribution in [2.45, 2.75) is 37.6 Å². The number of methoxy groups -OCH3 is 1. The predicted octanol–water partition coefficient (Wildman–Crippen LogP) is 2.26. The van der Waals surface area contributed by atoms with Gasteiger partial charge in [0, 0.05) is 30.1 Å². The van der Waals surface area contributed by atoms with E-state index in [4.69, 9.17) is 9.47 Å². The molecule has 26 heavy (non-hydrogen) atoms. The van der Waals surface area contributed by atoms with E-state index in [-0.39, 0.29) is 29.6 Å². The number of ketones is 2. The first-order chi connectivity index (χ1) is 12.6. The highest BCUT2D eigenvalue weighted by Gasteiger charge is 2.68. The lowest BCUT2D eigenvalue weighted by atomic mass is 9.75. The summed E-state index contributed by atoms with van der Waals surface area (Å²) < 4.78 is 11.7. The van der Waals surface area contributed by atoms with Crippen LogP contribution in [0.15, 0.2) is 30.5 Å². The molecule has 0 radical (unpaired) electrons. The van der Waals surface area contributed by atoms with Crippen molar-refractivity contribution in [2.75, 3.05) is 13.7 Å². The van der Waals surface area contributed by atoms with E-state index in [1.54, 1.807) is 13.3 Å². The third-order valence-corrected chi connectivity index (χ3v) is 6.17. The minimum atomic E-state index is -1.40. The van der Waals surface area contributed by atoms with E-state index in [9.17, 15) is 9.59 Å². The van der Waals surface area contributed by atoms with E-state index < -0.39 is 5.72 Å². The Morgan fingerprint density at radius 3 is 2.96 bits per heavy atom. The van der Waals surface area contributed by atoms with Gasteiger partial charge in [0.05, 0.1) is 12.6 Å². The number of hydrogen-bond acceptors (Lipinski definition) is 6. The van der Waals surface area contributed by atoms with Crippen LogP contribution >= 0.6 is 0 Å². The molecule has 134 valence electrons. The average Bonchev–Trinajstić information content (AvgIpc) is 2.97. The normalized spacial score (nSPS) is 35.1. The van der Waals surface area contributed by atoms with E-state index in [0.29, 0.717) is 0 Å². The molecule has 0 spiro atoms. The SMILES string of the molecule is COc1ccc2nccc([C@@H]3O[C@]4(C(C)=O)C(=O)[C@H]5CCN4[C@@H]3C5)c2c1.